The Morgan fingerprint density at radius 3 is 2.63 bits per heavy atom. The van der Waals surface area contributed by atoms with Crippen LogP contribution in [0.25, 0.3) is 0 Å². The fourth-order valence-electron chi connectivity index (χ4n) is 3.16. The van der Waals surface area contributed by atoms with Gasteiger partial charge in [0.1, 0.15) is 17.6 Å². The normalized spacial score (nSPS) is 16.5. The summed E-state index contributed by atoms with van der Waals surface area (Å²) in [6, 6.07) is 8.57. The van der Waals surface area contributed by atoms with Gasteiger partial charge in [0, 0.05) is 29.7 Å². The van der Waals surface area contributed by atoms with Gasteiger partial charge in [-0.1, -0.05) is 0 Å². The van der Waals surface area contributed by atoms with E-state index in [1.54, 1.807) is 13.0 Å². The van der Waals surface area contributed by atoms with E-state index in [0.717, 1.165) is 12.0 Å². The highest BCUT2D eigenvalue weighted by molar-refractivity contribution is 7.89. The first-order valence-electron chi connectivity index (χ1n) is 9.74. The largest absolute Gasteiger partial charge is 0.492 e. The molecule has 1 amide bonds. The Balaban J connectivity index is 1.79. The number of fused-ring (bicyclic) bond motifs is 1. The molecule has 0 aromatic heterocycles. The molecule has 2 aromatic rings. The van der Waals surface area contributed by atoms with E-state index in [1.807, 2.05) is 19.9 Å². The Kier molecular flexibility index (Phi) is 6.64. The maximum Gasteiger partial charge on any atom is 0.255 e. The molecular formula is C21H26N2O6S. The summed E-state index contributed by atoms with van der Waals surface area (Å²) in [5.41, 5.74) is 1.81. The predicted octanol–water partition coefficient (Wildman–Crippen LogP) is 2.32. The van der Waals surface area contributed by atoms with Gasteiger partial charge >= 0.3 is 0 Å². The molecule has 3 rings (SSSR count). The number of nitrogens with one attached hydrogen (secondary N) is 2. The number of ether oxygens (including phenoxy) is 2. The van der Waals surface area contributed by atoms with Gasteiger partial charge in [0.15, 0.2) is 0 Å². The summed E-state index contributed by atoms with van der Waals surface area (Å²) in [5, 5.41) is 11.9. The number of aliphatic hydroxyl groups excluding tert-OH is 1. The maximum absolute atomic E-state index is 12.7. The first-order chi connectivity index (χ1) is 14.2. The second kappa shape index (κ2) is 9.03. The summed E-state index contributed by atoms with van der Waals surface area (Å²) < 4.78 is 38.3. The van der Waals surface area contributed by atoms with Crippen LogP contribution in [-0.2, 0) is 16.4 Å². The molecule has 0 spiro atoms. The SMILES string of the molecule is CCOc1cc2c(cc1NC(=O)c1ccc(S(=O)(=O)NC(C)CO)cc1)OC(C)C2. The maximum atomic E-state index is 12.7. The first kappa shape index (κ1) is 22.1. The summed E-state index contributed by atoms with van der Waals surface area (Å²) in [7, 11) is -3.78. The predicted molar refractivity (Wildman–Crippen MR) is 113 cm³/mol. The minimum atomic E-state index is -3.78. The quantitative estimate of drug-likeness (QED) is 0.588. The number of aliphatic hydroxyl groups is 1. The van der Waals surface area contributed by atoms with Crippen LogP contribution in [0.1, 0.15) is 36.7 Å². The molecule has 9 heteroatoms. The standard InChI is InChI=1S/C21H26N2O6S/c1-4-28-20-10-16-9-14(3)29-19(16)11-18(20)22-21(25)15-5-7-17(8-6-15)30(26,27)23-13(2)12-24/h5-8,10-11,13-14,23-24H,4,9,12H2,1-3H3,(H,22,25). The van der Waals surface area contributed by atoms with E-state index in [-0.39, 0.29) is 17.6 Å². The Hall–Kier alpha value is -2.62. The number of carbonyl (C=O) groups is 1. The van der Waals surface area contributed by atoms with Gasteiger partial charge < -0.3 is 19.9 Å². The van der Waals surface area contributed by atoms with Crippen molar-refractivity contribution in [3.05, 3.63) is 47.5 Å². The molecule has 1 aliphatic rings. The Morgan fingerprint density at radius 2 is 2.00 bits per heavy atom. The number of anilines is 1. The molecule has 0 radical (unpaired) electrons. The van der Waals surface area contributed by atoms with E-state index in [1.165, 1.54) is 24.3 Å². The first-order valence-corrected chi connectivity index (χ1v) is 11.2. The molecule has 1 aliphatic heterocycles. The number of hydrogen-bond acceptors (Lipinski definition) is 6. The molecule has 0 fully saturated rings. The third kappa shape index (κ3) is 4.92. The number of amides is 1. The zero-order chi connectivity index (χ0) is 21.9. The summed E-state index contributed by atoms with van der Waals surface area (Å²) in [5.74, 6) is 0.873. The fraction of sp³-hybridized carbons (Fsp3) is 0.381. The minimum absolute atomic E-state index is 0.00859. The third-order valence-corrected chi connectivity index (χ3v) is 6.21. The summed E-state index contributed by atoms with van der Waals surface area (Å²) >= 11 is 0. The van der Waals surface area contributed by atoms with Crippen LogP contribution in [0.3, 0.4) is 0 Å². The molecule has 0 aliphatic carbocycles. The van der Waals surface area contributed by atoms with Crippen molar-refractivity contribution in [2.75, 3.05) is 18.5 Å². The number of hydrogen-bond donors (Lipinski definition) is 3. The lowest BCUT2D eigenvalue weighted by Crippen LogP contribution is -2.35. The van der Waals surface area contributed by atoms with Crippen LogP contribution in [0.4, 0.5) is 5.69 Å². The van der Waals surface area contributed by atoms with Crippen molar-refractivity contribution in [3.63, 3.8) is 0 Å². The van der Waals surface area contributed by atoms with Crippen LogP contribution >= 0.6 is 0 Å². The van der Waals surface area contributed by atoms with Crippen LogP contribution in [0.2, 0.25) is 0 Å². The molecule has 2 unspecified atom stereocenters. The Labute approximate surface area is 176 Å². The molecule has 8 nitrogen and oxygen atoms in total. The van der Waals surface area contributed by atoms with Crippen molar-refractivity contribution in [2.45, 2.75) is 44.2 Å². The zero-order valence-electron chi connectivity index (χ0n) is 17.1. The highest BCUT2D eigenvalue weighted by Gasteiger charge is 2.23. The molecular weight excluding hydrogens is 408 g/mol. The van der Waals surface area contributed by atoms with Crippen LogP contribution < -0.4 is 19.5 Å². The molecule has 0 bridgehead atoms. The van der Waals surface area contributed by atoms with Gasteiger partial charge in [-0.05, 0) is 51.1 Å². The third-order valence-electron chi connectivity index (χ3n) is 4.60. The van der Waals surface area contributed by atoms with Crippen LogP contribution in [0, 0.1) is 0 Å². The lowest BCUT2D eigenvalue weighted by molar-refractivity contribution is 0.102. The average Bonchev–Trinajstić information content (AvgIpc) is 3.06. The van der Waals surface area contributed by atoms with Gasteiger partial charge in [-0.25, -0.2) is 13.1 Å². The molecule has 0 saturated carbocycles. The fourth-order valence-corrected chi connectivity index (χ4v) is 4.40. The second-order valence-corrected chi connectivity index (χ2v) is 8.92. The highest BCUT2D eigenvalue weighted by atomic mass is 32.2. The number of carbonyl (C=O) groups excluding carboxylic acids is 1. The van der Waals surface area contributed by atoms with Crippen molar-refractivity contribution in [3.8, 4) is 11.5 Å². The molecule has 0 saturated heterocycles. The van der Waals surface area contributed by atoms with E-state index in [0.29, 0.717) is 29.4 Å². The molecule has 1 heterocycles. The average molecular weight is 435 g/mol. The van der Waals surface area contributed by atoms with Gasteiger partial charge in [0.25, 0.3) is 5.91 Å². The van der Waals surface area contributed by atoms with Crippen molar-refractivity contribution in [2.24, 2.45) is 0 Å². The minimum Gasteiger partial charge on any atom is -0.492 e. The van der Waals surface area contributed by atoms with E-state index in [4.69, 9.17) is 14.6 Å². The molecule has 30 heavy (non-hydrogen) atoms. The summed E-state index contributed by atoms with van der Waals surface area (Å²) in [4.78, 5) is 12.7. The smallest absolute Gasteiger partial charge is 0.255 e. The summed E-state index contributed by atoms with van der Waals surface area (Å²) in [6.45, 7) is 5.53. The van der Waals surface area contributed by atoms with E-state index in [2.05, 4.69) is 10.0 Å². The molecule has 162 valence electrons. The van der Waals surface area contributed by atoms with Gasteiger partial charge in [-0.2, -0.15) is 0 Å². The van der Waals surface area contributed by atoms with E-state index >= 15 is 0 Å². The molecule has 3 N–H and O–H groups in total. The van der Waals surface area contributed by atoms with E-state index in [9.17, 15) is 13.2 Å². The Morgan fingerprint density at radius 1 is 1.30 bits per heavy atom. The molecule has 2 aromatic carbocycles. The number of sulfonamides is 1. The number of benzene rings is 2. The van der Waals surface area contributed by atoms with Gasteiger partial charge in [-0.15, -0.1) is 0 Å². The topological polar surface area (TPSA) is 114 Å². The monoisotopic (exact) mass is 434 g/mol. The van der Waals surface area contributed by atoms with E-state index < -0.39 is 22.0 Å². The molecule has 2 atom stereocenters. The van der Waals surface area contributed by atoms with Gasteiger partial charge in [-0.3, -0.25) is 4.79 Å². The van der Waals surface area contributed by atoms with Gasteiger partial charge in [0.2, 0.25) is 10.0 Å². The van der Waals surface area contributed by atoms with Crippen molar-refractivity contribution in [1.82, 2.24) is 4.72 Å². The van der Waals surface area contributed by atoms with Crippen LogP contribution in [-0.4, -0.2) is 44.8 Å². The Bertz CT molecular complexity index is 1020. The summed E-state index contributed by atoms with van der Waals surface area (Å²) in [6.07, 6.45) is 0.847. The van der Waals surface area contributed by atoms with Crippen LogP contribution in [0.5, 0.6) is 11.5 Å². The van der Waals surface area contributed by atoms with Gasteiger partial charge in [0.05, 0.1) is 23.8 Å². The highest BCUT2D eigenvalue weighted by Crippen LogP contribution is 2.38. The lowest BCUT2D eigenvalue weighted by Gasteiger charge is -2.14. The van der Waals surface area contributed by atoms with Crippen molar-refractivity contribution in [1.29, 1.82) is 0 Å². The van der Waals surface area contributed by atoms with Crippen molar-refractivity contribution >= 4 is 21.6 Å². The van der Waals surface area contributed by atoms with Crippen LogP contribution in [0.15, 0.2) is 41.3 Å². The lowest BCUT2D eigenvalue weighted by atomic mass is 10.1. The van der Waals surface area contributed by atoms with Crippen molar-refractivity contribution < 1.29 is 27.8 Å². The number of rotatable bonds is 8. The second-order valence-electron chi connectivity index (χ2n) is 7.21. The zero-order valence-corrected chi connectivity index (χ0v) is 18.0.